The van der Waals surface area contributed by atoms with Gasteiger partial charge in [-0.25, -0.2) is 0 Å². The van der Waals surface area contributed by atoms with E-state index in [1.807, 2.05) is 0 Å². The van der Waals surface area contributed by atoms with Gasteiger partial charge < -0.3 is 25.0 Å². The minimum Gasteiger partial charge on any atom is -0.381 e. The van der Waals surface area contributed by atoms with Crippen molar-refractivity contribution >= 4 is 29.9 Å². The Bertz CT molecular complexity index is 589. The van der Waals surface area contributed by atoms with Crippen LogP contribution in [0.3, 0.4) is 0 Å². The zero-order valence-corrected chi connectivity index (χ0v) is 21.5. The standard InChI is InChI=1S/C23H40N4O2.HI/c1-5-19-8-10-21(11-9-19)22(27(3)4)16-26-23(24-6-2)25-13-7-14-28-17-20-12-15-29-18-20;/h8-11,20,22H,5-7,12-18H2,1-4H3,(H2,24,25,26);1H. The molecule has 0 spiro atoms. The first kappa shape index (κ1) is 27.1. The van der Waals surface area contributed by atoms with Gasteiger partial charge in [0, 0.05) is 32.2 Å². The number of aryl methyl sites for hydroxylation is 1. The molecule has 0 aliphatic carbocycles. The molecule has 0 bridgehead atoms. The van der Waals surface area contributed by atoms with Gasteiger partial charge in [0.1, 0.15) is 0 Å². The largest absolute Gasteiger partial charge is 0.381 e. The van der Waals surface area contributed by atoms with Crippen LogP contribution in [0, 0.1) is 5.92 Å². The minimum atomic E-state index is 0. The Balaban J connectivity index is 0.00000450. The van der Waals surface area contributed by atoms with Crippen LogP contribution in [0.15, 0.2) is 29.3 Å². The molecule has 0 amide bonds. The van der Waals surface area contributed by atoms with Crippen LogP contribution in [0.25, 0.3) is 0 Å². The fourth-order valence-corrected chi connectivity index (χ4v) is 3.41. The van der Waals surface area contributed by atoms with Crippen molar-refractivity contribution in [2.45, 2.75) is 39.2 Å². The van der Waals surface area contributed by atoms with Gasteiger partial charge in [-0.1, -0.05) is 31.2 Å². The average molecular weight is 533 g/mol. The number of benzene rings is 1. The molecule has 1 aromatic rings. The summed E-state index contributed by atoms with van der Waals surface area (Å²) in [6.45, 7) is 10.0. The molecule has 0 aromatic heterocycles. The number of guanidine groups is 1. The van der Waals surface area contributed by atoms with Crippen LogP contribution in [-0.4, -0.2) is 71.0 Å². The lowest BCUT2D eigenvalue weighted by Gasteiger charge is -2.24. The summed E-state index contributed by atoms with van der Waals surface area (Å²) in [5.41, 5.74) is 2.67. The van der Waals surface area contributed by atoms with Crippen LogP contribution in [0.1, 0.15) is 43.9 Å². The number of ether oxygens (including phenoxy) is 2. The van der Waals surface area contributed by atoms with E-state index in [1.165, 1.54) is 11.1 Å². The number of rotatable bonds is 12. The van der Waals surface area contributed by atoms with Gasteiger partial charge >= 0.3 is 0 Å². The van der Waals surface area contributed by atoms with E-state index < -0.39 is 0 Å². The van der Waals surface area contributed by atoms with Crippen molar-refractivity contribution in [1.29, 1.82) is 0 Å². The van der Waals surface area contributed by atoms with Gasteiger partial charge in [0.2, 0.25) is 0 Å². The molecule has 7 heteroatoms. The molecule has 1 aliphatic rings. The topological polar surface area (TPSA) is 58.1 Å². The molecule has 0 saturated carbocycles. The highest BCUT2D eigenvalue weighted by Gasteiger charge is 2.15. The second-order valence-corrected chi connectivity index (χ2v) is 7.88. The van der Waals surface area contributed by atoms with Crippen molar-refractivity contribution in [2.75, 3.05) is 60.2 Å². The smallest absolute Gasteiger partial charge is 0.191 e. The molecule has 30 heavy (non-hydrogen) atoms. The number of hydrogen-bond acceptors (Lipinski definition) is 4. The number of halogens is 1. The maximum absolute atomic E-state index is 5.78. The molecular weight excluding hydrogens is 491 g/mol. The fourth-order valence-electron chi connectivity index (χ4n) is 3.41. The summed E-state index contributed by atoms with van der Waals surface area (Å²) in [6, 6.07) is 9.15. The molecule has 1 saturated heterocycles. The number of hydrogen-bond donors (Lipinski definition) is 2. The Morgan fingerprint density at radius 1 is 1.23 bits per heavy atom. The van der Waals surface area contributed by atoms with Gasteiger partial charge in [-0.3, -0.25) is 4.99 Å². The number of aliphatic imine (C=N–C) groups is 1. The van der Waals surface area contributed by atoms with Crippen LogP contribution in [0.4, 0.5) is 0 Å². The van der Waals surface area contributed by atoms with E-state index in [9.17, 15) is 0 Å². The predicted octanol–water partition coefficient (Wildman–Crippen LogP) is 3.47. The van der Waals surface area contributed by atoms with Gasteiger partial charge in [-0.15, -0.1) is 24.0 Å². The van der Waals surface area contributed by atoms with Crippen molar-refractivity contribution in [3.8, 4) is 0 Å². The third kappa shape index (κ3) is 9.94. The van der Waals surface area contributed by atoms with Gasteiger partial charge in [0.15, 0.2) is 5.96 Å². The molecule has 172 valence electrons. The van der Waals surface area contributed by atoms with E-state index in [-0.39, 0.29) is 30.0 Å². The predicted molar refractivity (Wildman–Crippen MR) is 136 cm³/mol. The van der Waals surface area contributed by atoms with Crippen molar-refractivity contribution in [2.24, 2.45) is 10.9 Å². The van der Waals surface area contributed by atoms with E-state index in [0.717, 1.165) is 64.7 Å². The lowest BCUT2D eigenvalue weighted by atomic mass is 10.0. The molecule has 1 aliphatic heterocycles. The number of likely N-dealkylation sites (N-methyl/N-ethyl adjacent to an activating group) is 1. The Kier molecular flexibility index (Phi) is 14.3. The normalized spacial score (nSPS) is 17.6. The molecule has 0 radical (unpaired) electrons. The third-order valence-corrected chi connectivity index (χ3v) is 5.30. The summed E-state index contributed by atoms with van der Waals surface area (Å²) < 4.78 is 11.2. The SMILES string of the molecule is CCNC(=NCC(c1ccc(CC)cc1)N(C)C)NCCCOCC1CCOC1.I. The van der Waals surface area contributed by atoms with Gasteiger partial charge in [-0.2, -0.15) is 0 Å². The molecule has 2 atom stereocenters. The van der Waals surface area contributed by atoms with Gasteiger partial charge in [0.05, 0.1) is 25.8 Å². The Hall–Kier alpha value is -0.900. The zero-order chi connectivity index (χ0) is 20.9. The zero-order valence-electron chi connectivity index (χ0n) is 19.2. The van der Waals surface area contributed by atoms with Crippen molar-refractivity contribution in [3.63, 3.8) is 0 Å². The van der Waals surface area contributed by atoms with Crippen LogP contribution in [0.2, 0.25) is 0 Å². The lowest BCUT2D eigenvalue weighted by molar-refractivity contribution is 0.0888. The maximum atomic E-state index is 5.78. The van der Waals surface area contributed by atoms with E-state index in [0.29, 0.717) is 12.5 Å². The van der Waals surface area contributed by atoms with Crippen LogP contribution in [0.5, 0.6) is 0 Å². The number of nitrogens with one attached hydrogen (secondary N) is 2. The first-order valence-corrected chi connectivity index (χ1v) is 11.1. The Morgan fingerprint density at radius 2 is 2.00 bits per heavy atom. The van der Waals surface area contributed by atoms with Crippen LogP contribution >= 0.6 is 24.0 Å². The molecule has 6 nitrogen and oxygen atoms in total. The summed E-state index contributed by atoms with van der Waals surface area (Å²) in [5.74, 6) is 1.45. The Morgan fingerprint density at radius 3 is 2.60 bits per heavy atom. The molecule has 1 heterocycles. The summed E-state index contributed by atoms with van der Waals surface area (Å²) in [6.07, 6.45) is 3.16. The van der Waals surface area contributed by atoms with Gasteiger partial charge in [0.25, 0.3) is 0 Å². The van der Waals surface area contributed by atoms with Gasteiger partial charge in [-0.05, 0) is 51.4 Å². The van der Waals surface area contributed by atoms with Crippen molar-refractivity contribution in [3.05, 3.63) is 35.4 Å². The minimum absolute atomic E-state index is 0. The lowest BCUT2D eigenvalue weighted by Crippen LogP contribution is -2.38. The first-order chi connectivity index (χ1) is 14.1. The molecule has 1 fully saturated rings. The van der Waals surface area contributed by atoms with Crippen LogP contribution in [-0.2, 0) is 15.9 Å². The number of nitrogens with zero attached hydrogens (tertiary/aromatic N) is 2. The molecule has 2 unspecified atom stereocenters. The summed E-state index contributed by atoms with van der Waals surface area (Å²) in [4.78, 5) is 7.06. The Labute approximate surface area is 200 Å². The highest BCUT2D eigenvalue weighted by molar-refractivity contribution is 14.0. The van der Waals surface area contributed by atoms with E-state index in [1.54, 1.807) is 0 Å². The summed E-state index contributed by atoms with van der Waals surface area (Å²) >= 11 is 0. The van der Waals surface area contributed by atoms with E-state index in [4.69, 9.17) is 14.5 Å². The molecule has 1 aromatic carbocycles. The fraction of sp³-hybridized carbons (Fsp3) is 0.696. The van der Waals surface area contributed by atoms with Crippen molar-refractivity contribution in [1.82, 2.24) is 15.5 Å². The molecular formula is C23H41IN4O2. The maximum Gasteiger partial charge on any atom is 0.191 e. The van der Waals surface area contributed by atoms with E-state index >= 15 is 0 Å². The second kappa shape index (κ2) is 15.8. The van der Waals surface area contributed by atoms with Crippen molar-refractivity contribution < 1.29 is 9.47 Å². The summed E-state index contributed by atoms with van der Waals surface area (Å²) in [5, 5.41) is 6.77. The first-order valence-electron chi connectivity index (χ1n) is 11.1. The highest BCUT2D eigenvalue weighted by Crippen LogP contribution is 2.19. The quantitative estimate of drug-likeness (QED) is 0.187. The second-order valence-electron chi connectivity index (χ2n) is 7.88. The molecule has 2 N–H and O–H groups in total. The highest BCUT2D eigenvalue weighted by atomic mass is 127. The van der Waals surface area contributed by atoms with E-state index in [2.05, 4.69) is 67.7 Å². The third-order valence-electron chi connectivity index (χ3n) is 5.30. The molecule has 2 rings (SSSR count). The average Bonchev–Trinajstić information content (AvgIpc) is 3.24. The monoisotopic (exact) mass is 532 g/mol. The summed E-state index contributed by atoms with van der Waals surface area (Å²) in [7, 11) is 4.22. The van der Waals surface area contributed by atoms with Crippen LogP contribution < -0.4 is 10.6 Å².